The van der Waals surface area contributed by atoms with Crippen LogP contribution in [0.4, 0.5) is 5.69 Å². The summed E-state index contributed by atoms with van der Waals surface area (Å²) in [6, 6.07) is 13.9. The Morgan fingerprint density at radius 3 is 2.48 bits per heavy atom. The number of carbonyl (C=O) groups excluding carboxylic acids is 2. The fourth-order valence-electron chi connectivity index (χ4n) is 2.40. The smallest absolute Gasteiger partial charge is 0.286 e. The molecule has 7 nitrogen and oxygen atoms in total. The van der Waals surface area contributed by atoms with E-state index < -0.39 is 11.8 Å². The Morgan fingerprint density at radius 1 is 1.08 bits per heavy atom. The van der Waals surface area contributed by atoms with E-state index in [1.165, 1.54) is 7.11 Å². The summed E-state index contributed by atoms with van der Waals surface area (Å²) in [6.07, 6.45) is 0. The second-order valence-electron chi connectivity index (χ2n) is 5.15. The molecule has 25 heavy (non-hydrogen) atoms. The molecule has 128 valence electrons. The maximum absolute atomic E-state index is 12.2. The molecular formula is C18H16N2O5. The van der Waals surface area contributed by atoms with Gasteiger partial charge in [-0.25, -0.2) is 0 Å². The van der Waals surface area contributed by atoms with Crippen LogP contribution in [0.15, 0.2) is 52.9 Å². The summed E-state index contributed by atoms with van der Waals surface area (Å²) in [5.74, 6) is -0.377. The van der Waals surface area contributed by atoms with Gasteiger partial charge in [0.05, 0.1) is 7.11 Å². The number of rotatable bonds is 6. The number of furan rings is 1. The molecule has 0 unspecified atom stereocenters. The first-order valence-electron chi connectivity index (χ1n) is 7.47. The standard InChI is InChI=1S/C18H16N2O5/c1-23-13-8-4-5-9-14(13)24-10-15(21)20-16-11-6-2-3-7-12(11)25-17(16)18(19)22/h2-9H,10H2,1H3,(H2,19,22)(H,20,21). The molecule has 0 aliphatic rings. The fraction of sp³-hybridized carbons (Fsp3) is 0.111. The first-order chi connectivity index (χ1) is 12.1. The molecule has 0 saturated heterocycles. The lowest BCUT2D eigenvalue weighted by Gasteiger charge is -2.10. The van der Waals surface area contributed by atoms with E-state index in [4.69, 9.17) is 19.6 Å². The van der Waals surface area contributed by atoms with Gasteiger partial charge in [-0.2, -0.15) is 0 Å². The van der Waals surface area contributed by atoms with Crippen molar-refractivity contribution in [3.63, 3.8) is 0 Å². The maximum atomic E-state index is 12.2. The normalized spacial score (nSPS) is 10.4. The first kappa shape index (κ1) is 16.4. The van der Waals surface area contributed by atoms with Gasteiger partial charge in [-0.05, 0) is 24.3 Å². The zero-order valence-corrected chi connectivity index (χ0v) is 13.4. The van der Waals surface area contributed by atoms with Crippen molar-refractivity contribution in [2.45, 2.75) is 0 Å². The van der Waals surface area contributed by atoms with Crippen LogP contribution in [-0.4, -0.2) is 25.5 Å². The van der Waals surface area contributed by atoms with Gasteiger partial charge in [0.25, 0.3) is 11.8 Å². The average molecular weight is 340 g/mol. The van der Waals surface area contributed by atoms with Crippen LogP contribution in [-0.2, 0) is 4.79 Å². The minimum Gasteiger partial charge on any atom is -0.493 e. The van der Waals surface area contributed by atoms with Crippen molar-refractivity contribution in [1.82, 2.24) is 0 Å². The summed E-state index contributed by atoms with van der Waals surface area (Å²) in [5.41, 5.74) is 6.01. The summed E-state index contributed by atoms with van der Waals surface area (Å²) < 4.78 is 16.0. The van der Waals surface area contributed by atoms with E-state index in [-0.39, 0.29) is 18.1 Å². The van der Waals surface area contributed by atoms with Crippen LogP contribution < -0.4 is 20.5 Å². The lowest BCUT2D eigenvalue weighted by molar-refractivity contribution is -0.118. The number of primary amides is 1. The third kappa shape index (κ3) is 3.40. The molecule has 0 atom stereocenters. The molecule has 0 aliphatic heterocycles. The predicted octanol–water partition coefficient (Wildman–Crippen LogP) is 2.56. The van der Waals surface area contributed by atoms with Crippen molar-refractivity contribution in [2.75, 3.05) is 19.0 Å². The first-order valence-corrected chi connectivity index (χ1v) is 7.47. The summed E-state index contributed by atoms with van der Waals surface area (Å²) in [4.78, 5) is 23.8. The van der Waals surface area contributed by atoms with Gasteiger partial charge in [0.15, 0.2) is 18.1 Å². The Bertz CT molecular complexity index is 932. The molecule has 2 amide bonds. The van der Waals surface area contributed by atoms with Gasteiger partial charge in [0.1, 0.15) is 11.3 Å². The topological polar surface area (TPSA) is 104 Å². The maximum Gasteiger partial charge on any atom is 0.286 e. The van der Waals surface area contributed by atoms with Crippen LogP contribution in [0, 0.1) is 0 Å². The zero-order chi connectivity index (χ0) is 17.8. The van der Waals surface area contributed by atoms with E-state index in [1.54, 1.807) is 48.5 Å². The second kappa shape index (κ2) is 6.96. The van der Waals surface area contributed by atoms with Gasteiger partial charge in [-0.3, -0.25) is 9.59 Å². The van der Waals surface area contributed by atoms with Crippen LogP contribution in [0.1, 0.15) is 10.6 Å². The van der Waals surface area contributed by atoms with Gasteiger partial charge in [-0.15, -0.1) is 0 Å². The molecular weight excluding hydrogens is 324 g/mol. The van der Waals surface area contributed by atoms with Gasteiger partial charge in [-0.1, -0.05) is 24.3 Å². The Balaban J connectivity index is 1.78. The molecule has 0 bridgehead atoms. The number of para-hydroxylation sites is 3. The van der Waals surface area contributed by atoms with E-state index in [1.807, 2.05) is 0 Å². The molecule has 1 aromatic heterocycles. The van der Waals surface area contributed by atoms with Crippen molar-refractivity contribution >= 4 is 28.5 Å². The molecule has 3 N–H and O–H groups in total. The Hall–Kier alpha value is -3.48. The highest BCUT2D eigenvalue weighted by atomic mass is 16.5. The summed E-state index contributed by atoms with van der Waals surface area (Å²) in [5, 5.41) is 3.21. The number of anilines is 1. The van der Waals surface area contributed by atoms with E-state index in [9.17, 15) is 9.59 Å². The largest absolute Gasteiger partial charge is 0.493 e. The lowest BCUT2D eigenvalue weighted by atomic mass is 10.2. The third-order valence-electron chi connectivity index (χ3n) is 3.51. The lowest BCUT2D eigenvalue weighted by Crippen LogP contribution is -2.22. The number of benzene rings is 2. The van der Waals surface area contributed by atoms with E-state index in [0.29, 0.717) is 22.5 Å². The van der Waals surface area contributed by atoms with Crippen molar-refractivity contribution in [3.8, 4) is 11.5 Å². The summed E-state index contributed by atoms with van der Waals surface area (Å²) in [7, 11) is 1.51. The molecule has 3 rings (SSSR count). The summed E-state index contributed by atoms with van der Waals surface area (Å²) in [6.45, 7) is -0.266. The quantitative estimate of drug-likeness (QED) is 0.718. The highest BCUT2D eigenvalue weighted by Gasteiger charge is 2.20. The molecule has 3 aromatic rings. The van der Waals surface area contributed by atoms with Gasteiger partial charge in [0.2, 0.25) is 5.76 Å². The van der Waals surface area contributed by atoms with Crippen LogP contribution in [0.2, 0.25) is 0 Å². The molecule has 0 fully saturated rings. The second-order valence-corrected chi connectivity index (χ2v) is 5.15. The number of nitrogens with one attached hydrogen (secondary N) is 1. The van der Waals surface area contributed by atoms with Crippen LogP contribution in [0.5, 0.6) is 11.5 Å². The number of hydrogen-bond acceptors (Lipinski definition) is 5. The number of carbonyl (C=O) groups is 2. The van der Waals surface area contributed by atoms with Gasteiger partial charge < -0.3 is 24.9 Å². The Labute approximate surface area is 143 Å². The number of nitrogens with two attached hydrogens (primary N) is 1. The third-order valence-corrected chi connectivity index (χ3v) is 3.51. The van der Waals surface area contributed by atoms with Crippen molar-refractivity contribution < 1.29 is 23.5 Å². The van der Waals surface area contributed by atoms with E-state index in [0.717, 1.165) is 0 Å². The highest BCUT2D eigenvalue weighted by molar-refractivity contribution is 6.10. The molecule has 0 aliphatic carbocycles. The van der Waals surface area contributed by atoms with Gasteiger partial charge in [0, 0.05) is 5.39 Å². The molecule has 7 heteroatoms. The van der Waals surface area contributed by atoms with Crippen LogP contribution >= 0.6 is 0 Å². The van der Waals surface area contributed by atoms with Crippen molar-refractivity contribution in [3.05, 3.63) is 54.3 Å². The van der Waals surface area contributed by atoms with Crippen molar-refractivity contribution in [1.29, 1.82) is 0 Å². The molecule has 0 radical (unpaired) electrons. The fourth-order valence-corrected chi connectivity index (χ4v) is 2.40. The van der Waals surface area contributed by atoms with Gasteiger partial charge >= 0.3 is 0 Å². The Morgan fingerprint density at radius 2 is 1.76 bits per heavy atom. The molecule has 0 saturated carbocycles. The minimum atomic E-state index is -0.767. The SMILES string of the molecule is COc1ccccc1OCC(=O)Nc1c(C(N)=O)oc2ccccc12. The molecule has 1 heterocycles. The number of hydrogen-bond donors (Lipinski definition) is 2. The molecule has 0 spiro atoms. The highest BCUT2D eigenvalue weighted by Crippen LogP contribution is 2.31. The number of fused-ring (bicyclic) bond motifs is 1. The number of amides is 2. The number of methoxy groups -OCH3 is 1. The number of ether oxygens (including phenoxy) is 2. The van der Waals surface area contributed by atoms with Crippen LogP contribution in [0.3, 0.4) is 0 Å². The zero-order valence-electron chi connectivity index (χ0n) is 13.4. The molecule has 2 aromatic carbocycles. The monoisotopic (exact) mass is 340 g/mol. The van der Waals surface area contributed by atoms with Crippen molar-refractivity contribution in [2.24, 2.45) is 5.73 Å². The summed E-state index contributed by atoms with van der Waals surface area (Å²) >= 11 is 0. The average Bonchev–Trinajstić information content (AvgIpc) is 2.99. The predicted molar refractivity (Wildman–Crippen MR) is 91.9 cm³/mol. The van der Waals surface area contributed by atoms with E-state index in [2.05, 4.69) is 5.32 Å². The van der Waals surface area contributed by atoms with E-state index >= 15 is 0 Å². The minimum absolute atomic E-state index is 0.105. The van der Waals surface area contributed by atoms with Crippen LogP contribution in [0.25, 0.3) is 11.0 Å². The Kier molecular flexibility index (Phi) is 4.56.